The number of unbranched alkanes of at least 4 members (excludes halogenated alkanes) is 1. The number of carbonyl (C=O) groups excluding carboxylic acids is 1. The number of aliphatic hydroxyl groups is 2. The molecular weight excluding hydrogens is 266 g/mol. The van der Waals surface area contributed by atoms with Gasteiger partial charge in [-0.05, 0) is 6.42 Å². The predicted octanol–water partition coefficient (Wildman–Crippen LogP) is 0.243. The van der Waals surface area contributed by atoms with Gasteiger partial charge in [0, 0.05) is 13.1 Å². The third kappa shape index (κ3) is 11.0. The minimum Gasteiger partial charge on any atom is -0.449 e. The summed E-state index contributed by atoms with van der Waals surface area (Å²) in [7, 11) is 0. The summed E-state index contributed by atoms with van der Waals surface area (Å²) in [6.45, 7) is 4.28. The standard InChI is InChI=1S/C13H27NO6/c1-2-3-8-20-13(17)14(4-9-18-11-6-15)5-10-19-12-7-16/h15-16H,2-12H2,1H3. The fourth-order valence-electron chi connectivity index (χ4n) is 1.37. The van der Waals surface area contributed by atoms with Crippen molar-refractivity contribution in [3.63, 3.8) is 0 Å². The highest BCUT2D eigenvalue weighted by atomic mass is 16.6. The lowest BCUT2D eigenvalue weighted by Crippen LogP contribution is -2.37. The van der Waals surface area contributed by atoms with Crippen molar-refractivity contribution < 1.29 is 29.2 Å². The fraction of sp³-hybridized carbons (Fsp3) is 0.923. The minimum atomic E-state index is -0.390. The normalized spacial score (nSPS) is 10.6. The molecule has 0 aliphatic rings. The molecule has 0 saturated carbocycles. The molecule has 120 valence electrons. The van der Waals surface area contributed by atoms with Crippen molar-refractivity contribution in [1.82, 2.24) is 4.90 Å². The number of ether oxygens (including phenoxy) is 3. The number of amides is 1. The number of hydrogen-bond acceptors (Lipinski definition) is 6. The smallest absolute Gasteiger partial charge is 0.409 e. The van der Waals surface area contributed by atoms with Crippen LogP contribution in [0.2, 0.25) is 0 Å². The van der Waals surface area contributed by atoms with Crippen LogP contribution in [-0.2, 0) is 14.2 Å². The molecule has 0 atom stereocenters. The molecule has 0 fully saturated rings. The SMILES string of the molecule is CCCCOC(=O)N(CCOCCO)CCOCCO. The van der Waals surface area contributed by atoms with E-state index in [2.05, 4.69) is 0 Å². The van der Waals surface area contributed by atoms with E-state index in [1.54, 1.807) is 0 Å². The van der Waals surface area contributed by atoms with Gasteiger partial charge >= 0.3 is 6.09 Å². The summed E-state index contributed by atoms with van der Waals surface area (Å²) in [6, 6.07) is 0. The Morgan fingerprint density at radius 2 is 1.50 bits per heavy atom. The molecule has 0 bridgehead atoms. The van der Waals surface area contributed by atoms with Crippen molar-refractivity contribution in [2.24, 2.45) is 0 Å². The zero-order chi connectivity index (χ0) is 15.1. The van der Waals surface area contributed by atoms with Crippen LogP contribution in [-0.4, -0.2) is 80.5 Å². The van der Waals surface area contributed by atoms with Gasteiger partial charge in [-0.25, -0.2) is 4.79 Å². The number of nitrogens with zero attached hydrogens (tertiary/aromatic N) is 1. The second-order valence-electron chi connectivity index (χ2n) is 4.13. The summed E-state index contributed by atoms with van der Waals surface area (Å²) in [5.41, 5.74) is 0. The second kappa shape index (κ2) is 14.5. The maximum absolute atomic E-state index is 11.8. The molecule has 0 aromatic rings. The summed E-state index contributed by atoms with van der Waals surface area (Å²) in [6.07, 6.45) is 1.41. The van der Waals surface area contributed by atoms with Gasteiger partial charge in [0.1, 0.15) is 0 Å². The molecule has 0 aliphatic heterocycles. The van der Waals surface area contributed by atoms with Gasteiger partial charge in [-0.15, -0.1) is 0 Å². The van der Waals surface area contributed by atoms with Crippen LogP contribution < -0.4 is 0 Å². The molecule has 7 nitrogen and oxygen atoms in total. The number of rotatable bonds is 13. The van der Waals surface area contributed by atoms with E-state index >= 15 is 0 Å². The minimum absolute atomic E-state index is 0.0411. The quantitative estimate of drug-likeness (QED) is 0.473. The number of aliphatic hydroxyl groups excluding tert-OH is 2. The molecule has 0 aliphatic carbocycles. The van der Waals surface area contributed by atoms with E-state index in [0.29, 0.717) is 32.9 Å². The Labute approximate surface area is 120 Å². The maximum Gasteiger partial charge on any atom is 0.409 e. The Kier molecular flexibility index (Phi) is 13.9. The molecule has 2 N–H and O–H groups in total. The molecule has 0 rings (SSSR count). The van der Waals surface area contributed by atoms with Crippen molar-refractivity contribution >= 4 is 6.09 Å². The van der Waals surface area contributed by atoms with Crippen LogP contribution in [0, 0.1) is 0 Å². The first-order valence-electron chi connectivity index (χ1n) is 7.05. The molecular formula is C13H27NO6. The molecule has 0 aromatic carbocycles. The van der Waals surface area contributed by atoms with Gasteiger partial charge in [-0.1, -0.05) is 13.3 Å². The molecule has 1 amide bonds. The zero-order valence-corrected chi connectivity index (χ0v) is 12.3. The van der Waals surface area contributed by atoms with Crippen LogP contribution in [0.1, 0.15) is 19.8 Å². The van der Waals surface area contributed by atoms with E-state index in [4.69, 9.17) is 24.4 Å². The molecule has 20 heavy (non-hydrogen) atoms. The van der Waals surface area contributed by atoms with Gasteiger partial charge in [-0.3, -0.25) is 0 Å². The van der Waals surface area contributed by atoms with Crippen LogP contribution in [0.5, 0.6) is 0 Å². The molecule has 0 aromatic heterocycles. The summed E-state index contributed by atoms with van der Waals surface area (Å²) >= 11 is 0. The predicted molar refractivity (Wildman–Crippen MR) is 73.6 cm³/mol. The molecule has 0 radical (unpaired) electrons. The van der Waals surface area contributed by atoms with Crippen molar-refractivity contribution in [3.05, 3.63) is 0 Å². The van der Waals surface area contributed by atoms with Gasteiger partial charge in [0.25, 0.3) is 0 Å². The number of hydrogen-bond donors (Lipinski definition) is 2. The van der Waals surface area contributed by atoms with Gasteiger partial charge in [0.05, 0.1) is 46.2 Å². The van der Waals surface area contributed by atoms with Gasteiger partial charge in [-0.2, -0.15) is 0 Å². The maximum atomic E-state index is 11.8. The second-order valence-corrected chi connectivity index (χ2v) is 4.13. The lowest BCUT2D eigenvalue weighted by Gasteiger charge is -2.22. The van der Waals surface area contributed by atoms with Crippen LogP contribution in [0.15, 0.2) is 0 Å². The Balaban J connectivity index is 3.98. The highest BCUT2D eigenvalue weighted by Crippen LogP contribution is 1.98. The van der Waals surface area contributed by atoms with Crippen molar-refractivity contribution in [3.8, 4) is 0 Å². The molecule has 0 saturated heterocycles. The van der Waals surface area contributed by atoms with Crippen LogP contribution in [0.25, 0.3) is 0 Å². The van der Waals surface area contributed by atoms with Crippen molar-refractivity contribution in [2.75, 3.05) is 59.3 Å². The van der Waals surface area contributed by atoms with Gasteiger partial charge in [0.2, 0.25) is 0 Å². The Bertz CT molecular complexity index is 215. The molecule has 0 spiro atoms. The summed E-state index contributed by atoms with van der Waals surface area (Å²) in [5, 5.41) is 17.2. The number of carbonyl (C=O) groups is 1. The molecule has 7 heteroatoms. The van der Waals surface area contributed by atoms with E-state index < -0.39 is 6.09 Å². The summed E-state index contributed by atoms with van der Waals surface area (Å²) in [5.74, 6) is 0. The first-order chi connectivity index (χ1) is 9.76. The van der Waals surface area contributed by atoms with E-state index in [1.165, 1.54) is 4.90 Å². The lowest BCUT2D eigenvalue weighted by atomic mass is 10.4. The summed E-state index contributed by atoms with van der Waals surface area (Å²) < 4.78 is 15.4. The average Bonchev–Trinajstić information content (AvgIpc) is 2.45. The molecule has 0 unspecified atom stereocenters. The fourth-order valence-corrected chi connectivity index (χ4v) is 1.37. The van der Waals surface area contributed by atoms with E-state index in [1.807, 2.05) is 6.92 Å². The summed E-state index contributed by atoms with van der Waals surface area (Å²) in [4.78, 5) is 13.3. The van der Waals surface area contributed by atoms with E-state index in [-0.39, 0.29) is 26.4 Å². The van der Waals surface area contributed by atoms with E-state index in [0.717, 1.165) is 12.8 Å². The third-order valence-electron chi connectivity index (χ3n) is 2.46. The van der Waals surface area contributed by atoms with Gasteiger partial charge < -0.3 is 29.3 Å². The zero-order valence-electron chi connectivity index (χ0n) is 12.3. The van der Waals surface area contributed by atoms with E-state index in [9.17, 15) is 4.79 Å². The van der Waals surface area contributed by atoms with Crippen molar-refractivity contribution in [2.45, 2.75) is 19.8 Å². The first kappa shape index (κ1) is 19.1. The third-order valence-corrected chi connectivity index (χ3v) is 2.46. The monoisotopic (exact) mass is 293 g/mol. The Morgan fingerprint density at radius 3 is 1.95 bits per heavy atom. The average molecular weight is 293 g/mol. The largest absolute Gasteiger partial charge is 0.449 e. The highest BCUT2D eigenvalue weighted by Gasteiger charge is 2.14. The van der Waals surface area contributed by atoms with Crippen LogP contribution in [0.3, 0.4) is 0 Å². The lowest BCUT2D eigenvalue weighted by molar-refractivity contribution is 0.0409. The van der Waals surface area contributed by atoms with Crippen LogP contribution >= 0.6 is 0 Å². The van der Waals surface area contributed by atoms with Crippen molar-refractivity contribution in [1.29, 1.82) is 0 Å². The highest BCUT2D eigenvalue weighted by molar-refractivity contribution is 5.67. The van der Waals surface area contributed by atoms with Crippen LogP contribution in [0.4, 0.5) is 4.79 Å². The van der Waals surface area contributed by atoms with Gasteiger partial charge in [0.15, 0.2) is 0 Å². The molecule has 0 heterocycles. The Morgan fingerprint density at radius 1 is 0.950 bits per heavy atom. The first-order valence-corrected chi connectivity index (χ1v) is 7.05. The topological polar surface area (TPSA) is 88.5 Å². The Hall–Kier alpha value is -0.890.